The molecule has 236 valence electrons. The summed E-state index contributed by atoms with van der Waals surface area (Å²) in [7, 11) is 0. The summed E-state index contributed by atoms with van der Waals surface area (Å²) < 4.78 is 0. The Labute approximate surface area is 240 Å². The van der Waals surface area contributed by atoms with Gasteiger partial charge in [0.1, 0.15) is 0 Å². The minimum atomic E-state index is -0.387. The van der Waals surface area contributed by atoms with E-state index in [-0.39, 0.29) is 11.3 Å². The van der Waals surface area contributed by atoms with Crippen LogP contribution in [0, 0.1) is 0 Å². The molecule has 0 bridgehead atoms. The van der Waals surface area contributed by atoms with Gasteiger partial charge in [0.2, 0.25) is 0 Å². The predicted octanol–water partition coefficient (Wildman–Crippen LogP) is -3.81. The van der Waals surface area contributed by atoms with Crippen LogP contribution in [0.15, 0.2) is 0 Å². The molecule has 0 saturated heterocycles. The molecule has 0 saturated carbocycles. The van der Waals surface area contributed by atoms with E-state index in [2.05, 4.69) is 35.6 Å². The van der Waals surface area contributed by atoms with Crippen molar-refractivity contribution < 1.29 is 0 Å². The van der Waals surface area contributed by atoms with Crippen molar-refractivity contribution in [2.24, 2.45) is 34.4 Å². The van der Waals surface area contributed by atoms with Crippen LogP contribution in [0.5, 0.6) is 0 Å². The first-order chi connectivity index (χ1) is 18.5. The number of nitrogens with one attached hydrogen (secondary N) is 3. The lowest BCUT2D eigenvalue weighted by molar-refractivity contribution is 0.130. The van der Waals surface area contributed by atoms with Crippen LogP contribution in [-0.4, -0.2) is 162 Å². The molecule has 0 atom stereocenters. The van der Waals surface area contributed by atoms with Crippen LogP contribution in [0.2, 0.25) is 0 Å². The molecule has 0 heterocycles. The molecule has 0 rings (SSSR count). The van der Waals surface area contributed by atoms with Crippen molar-refractivity contribution in [1.29, 1.82) is 0 Å². The van der Waals surface area contributed by atoms with Crippen LogP contribution < -0.4 is 50.4 Å². The summed E-state index contributed by atoms with van der Waals surface area (Å²) in [5.74, 6) is 0. The molecule has 0 aromatic carbocycles. The van der Waals surface area contributed by atoms with Gasteiger partial charge in [0.15, 0.2) is 0 Å². The topological polar surface area (TPSA) is 205 Å². The predicted molar refractivity (Wildman–Crippen MR) is 167 cm³/mol. The molecule has 0 aliphatic heterocycles. The van der Waals surface area contributed by atoms with Crippen LogP contribution in [-0.2, 0) is 0 Å². The van der Waals surface area contributed by atoms with Gasteiger partial charge in [-0.25, -0.2) is 0 Å². The zero-order valence-corrected chi connectivity index (χ0v) is 25.9. The summed E-state index contributed by atoms with van der Waals surface area (Å²) in [6, 6.07) is 0. The van der Waals surface area contributed by atoms with Crippen molar-refractivity contribution in [3.8, 4) is 0 Å². The van der Waals surface area contributed by atoms with Gasteiger partial charge < -0.3 is 45.0 Å². The maximum Gasteiger partial charge on any atom is 0.0630 e. The third-order valence-electron chi connectivity index (χ3n) is 6.67. The van der Waals surface area contributed by atoms with Gasteiger partial charge in [0, 0.05) is 131 Å². The fourth-order valence-electron chi connectivity index (χ4n) is 4.36. The monoisotopic (exact) mass is 562 g/mol. The highest BCUT2D eigenvalue weighted by Crippen LogP contribution is 2.04. The first kappa shape index (κ1) is 38.5. The third kappa shape index (κ3) is 22.8. The van der Waals surface area contributed by atoms with Gasteiger partial charge in [-0.15, -0.1) is 0 Å². The number of hydrogen-bond acceptors (Lipinski definition) is 13. The molecule has 0 aromatic heterocycles. The molecule has 0 aromatic rings. The second kappa shape index (κ2) is 23.1. The van der Waals surface area contributed by atoms with E-state index in [0.29, 0.717) is 26.2 Å². The Morgan fingerprint density at radius 2 is 0.872 bits per heavy atom. The van der Waals surface area contributed by atoms with Gasteiger partial charge >= 0.3 is 0 Å². The van der Waals surface area contributed by atoms with Crippen LogP contribution >= 0.6 is 0 Å². The van der Waals surface area contributed by atoms with Crippen molar-refractivity contribution in [1.82, 2.24) is 35.6 Å². The summed E-state index contributed by atoms with van der Waals surface area (Å²) in [6.45, 7) is 25.2. The lowest BCUT2D eigenvalue weighted by atomic mass is 10.2. The van der Waals surface area contributed by atoms with Gasteiger partial charge in [-0.2, -0.15) is 0 Å². The van der Waals surface area contributed by atoms with Crippen molar-refractivity contribution in [3.63, 3.8) is 0 Å². The minimum Gasteiger partial charge on any atom is -0.329 e. The van der Waals surface area contributed by atoms with E-state index in [4.69, 9.17) is 34.4 Å². The average molecular weight is 562 g/mol. The molecule has 39 heavy (non-hydrogen) atoms. The van der Waals surface area contributed by atoms with Crippen molar-refractivity contribution in [3.05, 3.63) is 0 Å². The molecule has 0 spiro atoms. The Morgan fingerprint density at radius 3 is 1.31 bits per heavy atom. The second-order valence-corrected chi connectivity index (χ2v) is 11.5. The van der Waals surface area contributed by atoms with E-state index < -0.39 is 0 Å². The fraction of sp³-hybridized carbons (Fsp3) is 1.00. The van der Waals surface area contributed by atoms with E-state index >= 15 is 0 Å². The van der Waals surface area contributed by atoms with Gasteiger partial charge in [0.25, 0.3) is 0 Å². The number of rotatable bonds is 28. The Hall–Kier alpha value is -0.520. The van der Waals surface area contributed by atoms with Crippen molar-refractivity contribution in [2.75, 3.05) is 131 Å². The highest BCUT2D eigenvalue weighted by atomic mass is 15.3. The quantitative estimate of drug-likeness (QED) is 0.0332. The third-order valence-corrected chi connectivity index (χ3v) is 6.67. The molecule has 13 nitrogen and oxygen atoms in total. The molecule has 0 aliphatic rings. The minimum absolute atomic E-state index is 0.372. The molecule has 0 amide bonds. The molecule has 0 aliphatic carbocycles. The van der Waals surface area contributed by atoms with Gasteiger partial charge in [-0.1, -0.05) is 0 Å². The van der Waals surface area contributed by atoms with E-state index in [0.717, 1.165) is 105 Å². The van der Waals surface area contributed by atoms with Gasteiger partial charge in [0.05, 0.1) is 11.3 Å². The highest BCUT2D eigenvalue weighted by molar-refractivity contribution is 4.76. The zero-order chi connectivity index (χ0) is 29.6. The molecule has 0 unspecified atom stereocenters. The van der Waals surface area contributed by atoms with Crippen molar-refractivity contribution >= 4 is 0 Å². The normalized spacial score (nSPS) is 13.1. The molecule has 0 fully saturated rings. The molecule has 13 heteroatoms. The first-order valence-corrected chi connectivity index (χ1v) is 14.9. The standard InChI is InChI=1S/C26H67N13/c1-25(2,31)35-13-19-38(23-21-36(14-6-28)15-7-29)24-22-37(17-10-33-9-5-27)18-11-34-12-20-39(16-8-30)26(3,4)32/h33-35H,5-24,27-32H2,1-4H3. The number of nitrogens with zero attached hydrogens (tertiary/aromatic N) is 4. The Kier molecular flexibility index (Phi) is 22.8. The summed E-state index contributed by atoms with van der Waals surface area (Å²) in [4.78, 5) is 9.61. The Morgan fingerprint density at radius 1 is 0.462 bits per heavy atom. The van der Waals surface area contributed by atoms with E-state index in [9.17, 15) is 0 Å². The van der Waals surface area contributed by atoms with Crippen LogP contribution in [0.4, 0.5) is 0 Å². The van der Waals surface area contributed by atoms with Crippen LogP contribution in [0.3, 0.4) is 0 Å². The van der Waals surface area contributed by atoms with Gasteiger partial charge in [-0.3, -0.25) is 24.9 Å². The lowest BCUT2D eigenvalue weighted by Gasteiger charge is -2.35. The van der Waals surface area contributed by atoms with Crippen LogP contribution in [0.25, 0.3) is 0 Å². The summed E-state index contributed by atoms with van der Waals surface area (Å²) in [5.41, 5.74) is 34.8. The maximum absolute atomic E-state index is 6.30. The summed E-state index contributed by atoms with van der Waals surface area (Å²) in [5, 5.41) is 10.4. The molecular formula is C26H67N13. The molecule has 0 radical (unpaired) electrons. The SMILES string of the molecule is CC(C)(N)NCCN(CCN(CCN)CCN)CCN(CCNCCN)CCNCCN(CCN)C(C)(C)N. The number of nitrogens with two attached hydrogens (primary N) is 6. The smallest absolute Gasteiger partial charge is 0.0630 e. The fourth-order valence-corrected chi connectivity index (χ4v) is 4.36. The maximum atomic E-state index is 6.30. The number of hydrogen-bond donors (Lipinski definition) is 9. The summed E-state index contributed by atoms with van der Waals surface area (Å²) in [6.07, 6.45) is 0. The van der Waals surface area contributed by atoms with E-state index in [1.54, 1.807) is 0 Å². The van der Waals surface area contributed by atoms with E-state index in [1.165, 1.54) is 0 Å². The lowest BCUT2D eigenvalue weighted by Crippen LogP contribution is -2.54. The summed E-state index contributed by atoms with van der Waals surface area (Å²) >= 11 is 0. The Bertz CT molecular complexity index is 533. The zero-order valence-electron chi connectivity index (χ0n) is 25.9. The average Bonchev–Trinajstić information content (AvgIpc) is 2.85. The largest absolute Gasteiger partial charge is 0.329 e. The van der Waals surface area contributed by atoms with Crippen LogP contribution in [0.1, 0.15) is 27.7 Å². The van der Waals surface area contributed by atoms with Crippen molar-refractivity contribution in [2.45, 2.75) is 39.0 Å². The Balaban J connectivity index is 4.94. The van der Waals surface area contributed by atoms with E-state index in [1.807, 2.05) is 27.7 Å². The van der Waals surface area contributed by atoms with Gasteiger partial charge in [-0.05, 0) is 27.7 Å². The molecule has 15 N–H and O–H groups in total. The molecular weight excluding hydrogens is 494 g/mol. The second-order valence-electron chi connectivity index (χ2n) is 11.5. The first-order valence-electron chi connectivity index (χ1n) is 14.9. The highest BCUT2D eigenvalue weighted by Gasteiger charge is 2.20.